The minimum atomic E-state index is -1.02. The molecule has 17 heavy (non-hydrogen) atoms. The second-order valence-electron chi connectivity index (χ2n) is 3.11. The lowest BCUT2D eigenvalue weighted by Crippen LogP contribution is -1.90. The van der Waals surface area contributed by atoms with E-state index in [1.807, 2.05) is 13.8 Å². The molecule has 0 heterocycles. The van der Waals surface area contributed by atoms with Gasteiger partial charge in [0, 0.05) is 5.69 Å². The zero-order valence-electron chi connectivity index (χ0n) is 12.3. The number of hydrogen-bond acceptors (Lipinski definition) is 3. The third kappa shape index (κ3) is 12.4. The maximum atomic E-state index is 10.1. The normalized spacial score (nSPS) is 8.82. The molecular formula is C14H25NO2. The van der Waals surface area contributed by atoms with Crippen molar-refractivity contribution < 1.29 is 10.9 Å². The van der Waals surface area contributed by atoms with E-state index in [1.54, 1.807) is 24.3 Å². The number of rotatable bonds is 3. The molecule has 0 bridgehead atoms. The zero-order chi connectivity index (χ0) is 14.4. The van der Waals surface area contributed by atoms with Gasteiger partial charge in [-0.3, -0.25) is 4.79 Å². The van der Waals surface area contributed by atoms with Crippen molar-refractivity contribution in [2.24, 2.45) is 0 Å². The molecule has 1 aromatic rings. The SMILES string of the molecule is CC.CCCC.[2H]C(=O)OCc1ccc(N)cc1. The second-order valence-corrected chi connectivity index (χ2v) is 3.11. The quantitative estimate of drug-likeness (QED) is 0.646. The van der Waals surface area contributed by atoms with Crippen molar-refractivity contribution in [2.45, 2.75) is 47.1 Å². The van der Waals surface area contributed by atoms with Gasteiger partial charge in [-0.1, -0.05) is 52.7 Å². The molecule has 3 heteroatoms. The highest BCUT2D eigenvalue weighted by atomic mass is 16.5. The fourth-order valence-electron chi connectivity index (χ4n) is 0.727. The van der Waals surface area contributed by atoms with E-state index >= 15 is 0 Å². The Balaban J connectivity index is 0. The highest BCUT2D eigenvalue weighted by Crippen LogP contribution is 2.05. The van der Waals surface area contributed by atoms with Crippen molar-refractivity contribution in [3.63, 3.8) is 0 Å². The van der Waals surface area contributed by atoms with Gasteiger partial charge in [-0.15, -0.1) is 0 Å². The molecule has 0 radical (unpaired) electrons. The topological polar surface area (TPSA) is 52.3 Å². The zero-order valence-corrected chi connectivity index (χ0v) is 11.3. The molecule has 0 spiro atoms. The number of ether oxygens (including phenoxy) is 1. The molecule has 98 valence electrons. The van der Waals surface area contributed by atoms with Crippen LogP contribution in [0.5, 0.6) is 0 Å². The van der Waals surface area contributed by atoms with E-state index in [9.17, 15) is 4.79 Å². The van der Waals surface area contributed by atoms with Crippen LogP contribution in [0.3, 0.4) is 0 Å². The summed E-state index contributed by atoms with van der Waals surface area (Å²) in [6, 6.07) is 6.93. The van der Waals surface area contributed by atoms with Crippen LogP contribution in [0.2, 0.25) is 0 Å². The van der Waals surface area contributed by atoms with Crippen LogP contribution in [-0.4, -0.2) is 6.45 Å². The molecule has 0 saturated carbocycles. The first-order chi connectivity index (χ1) is 8.60. The number of carbonyl (C=O) groups is 1. The van der Waals surface area contributed by atoms with Crippen molar-refractivity contribution in [3.8, 4) is 0 Å². The molecule has 0 atom stereocenters. The molecule has 1 rings (SSSR count). The van der Waals surface area contributed by atoms with E-state index in [0.29, 0.717) is 5.69 Å². The lowest BCUT2D eigenvalue weighted by Gasteiger charge is -1.98. The first-order valence-electron chi connectivity index (χ1n) is 6.57. The van der Waals surface area contributed by atoms with Crippen molar-refractivity contribution in [1.29, 1.82) is 0 Å². The third-order valence-corrected chi connectivity index (χ3v) is 1.78. The Bertz CT molecular complexity index is 297. The number of nitrogen functional groups attached to an aromatic ring is 1. The summed E-state index contributed by atoms with van der Waals surface area (Å²) in [4.78, 5) is 10.1. The summed E-state index contributed by atoms with van der Waals surface area (Å²) in [5, 5.41) is 0. The van der Waals surface area contributed by atoms with Crippen LogP contribution in [0.1, 0.15) is 47.5 Å². The maximum absolute atomic E-state index is 10.1. The van der Waals surface area contributed by atoms with Gasteiger partial charge in [0.2, 0.25) is 0 Å². The molecule has 3 nitrogen and oxygen atoms in total. The minimum Gasteiger partial charge on any atom is -0.463 e. The molecular weight excluding hydrogens is 214 g/mol. The van der Waals surface area contributed by atoms with Crippen LogP contribution in [0, 0.1) is 0 Å². The summed E-state index contributed by atoms with van der Waals surface area (Å²) in [5.41, 5.74) is 6.92. The Labute approximate surface area is 106 Å². The fraction of sp³-hybridized carbons (Fsp3) is 0.500. The summed E-state index contributed by atoms with van der Waals surface area (Å²) >= 11 is 0. The molecule has 0 aliphatic carbocycles. The van der Waals surface area contributed by atoms with Crippen LogP contribution in [0.15, 0.2) is 24.3 Å². The summed E-state index contributed by atoms with van der Waals surface area (Å²) in [6.07, 6.45) is 1.62. The Morgan fingerprint density at radius 3 is 2.06 bits per heavy atom. The number of nitrogens with two attached hydrogens (primary N) is 1. The van der Waals surface area contributed by atoms with Gasteiger partial charge in [0.25, 0.3) is 6.45 Å². The average Bonchev–Trinajstić information content (AvgIpc) is 2.40. The second kappa shape index (κ2) is 14.5. The molecule has 2 N–H and O–H groups in total. The summed E-state index contributed by atoms with van der Waals surface area (Å²) in [5.74, 6) is 0. The number of carbonyl (C=O) groups excluding carboxylic acids is 1. The van der Waals surface area contributed by atoms with Gasteiger partial charge in [-0.2, -0.15) is 0 Å². The summed E-state index contributed by atoms with van der Waals surface area (Å²) < 4.78 is 10.9. The van der Waals surface area contributed by atoms with Crippen LogP contribution in [-0.2, 0) is 16.1 Å². The number of hydrogen-bond donors (Lipinski definition) is 1. The molecule has 0 aliphatic heterocycles. The first-order valence-corrected chi connectivity index (χ1v) is 6.07. The van der Waals surface area contributed by atoms with E-state index in [2.05, 4.69) is 18.6 Å². The molecule has 0 unspecified atom stereocenters. The van der Waals surface area contributed by atoms with E-state index in [1.165, 1.54) is 12.8 Å². The largest absolute Gasteiger partial charge is 0.463 e. The Morgan fingerprint density at radius 2 is 1.71 bits per heavy atom. The maximum Gasteiger partial charge on any atom is 0.293 e. The third-order valence-electron chi connectivity index (χ3n) is 1.78. The summed E-state index contributed by atoms with van der Waals surface area (Å²) in [6.45, 7) is 8.49. The predicted molar refractivity (Wildman–Crippen MR) is 73.6 cm³/mol. The highest BCUT2D eigenvalue weighted by molar-refractivity contribution is 5.40. The van der Waals surface area contributed by atoms with E-state index in [-0.39, 0.29) is 6.61 Å². The molecule has 0 amide bonds. The Kier molecular flexibility index (Phi) is 13.2. The van der Waals surface area contributed by atoms with E-state index in [4.69, 9.17) is 7.10 Å². The standard InChI is InChI=1S/C8H9NO2.C4H10.C2H6/c9-8-3-1-7(2-4-8)5-11-6-10;1-3-4-2;1-2/h1-4,6H,5,9H2;3-4H2,1-2H3;1-2H3/i6D;;. The number of anilines is 1. The van der Waals surface area contributed by atoms with Gasteiger partial charge in [0.1, 0.15) is 6.61 Å². The van der Waals surface area contributed by atoms with Crippen molar-refractivity contribution >= 4 is 12.1 Å². The molecule has 0 saturated heterocycles. The monoisotopic (exact) mass is 240 g/mol. The van der Waals surface area contributed by atoms with Crippen molar-refractivity contribution in [1.82, 2.24) is 0 Å². The Morgan fingerprint density at radius 1 is 1.24 bits per heavy atom. The molecule has 0 fully saturated rings. The molecule has 1 aromatic carbocycles. The fourth-order valence-corrected chi connectivity index (χ4v) is 0.727. The molecule has 0 aromatic heterocycles. The first kappa shape index (κ1) is 15.5. The smallest absolute Gasteiger partial charge is 0.293 e. The van der Waals surface area contributed by atoms with E-state index in [0.717, 1.165) is 5.56 Å². The van der Waals surface area contributed by atoms with Gasteiger partial charge in [0.05, 0.1) is 0 Å². The lowest BCUT2D eigenvalue weighted by molar-refractivity contribution is -0.129. The van der Waals surface area contributed by atoms with Gasteiger partial charge in [0.15, 0.2) is 1.37 Å². The number of unbranched alkanes of at least 4 members (excludes halogenated alkanes) is 1. The van der Waals surface area contributed by atoms with Crippen LogP contribution >= 0.6 is 0 Å². The van der Waals surface area contributed by atoms with E-state index < -0.39 is 6.45 Å². The van der Waals surface area contributed by atoms with Gasteiger partial charge in [-0.05, 0) is 17.7 Å². The lowest BCUT2D eigenvalue weighted by atomic mass is 10.2. The molecule has 0 aliphatic rings. The number of benzene rings is 1. The average molecular weight is 240 g/mol. The van der Waals surface area contributed by atoms with Gasteiger partial charge in [-0.25, -0.2) is 0 Å². The van der Waals surface area contributed by atoms with Crippen molar-refractivity contribution in [2.75, 3.05) is 5.73 Å². The Hall–Kier alpha value is -1.51. The van der Waals surface area contributed by atoms with Gasteiger partial charge >= 0.3 is 0 Å². The predicted octanol–water partition coefficient (Wildman–Crippen LogP) is 3.77. The van der Waals surface area contributed by atoms with Crippen molar-refractivity contribution in [3.05, 3.63) is 29.8 Å². The highest BCUT2D eigenvalue weighted by Gasteiger charge is 1.90. The van der Waals surface area contributed by atoms with Gasteiger partial charge < -0.3 is 10.5 Å². The minimum absolute atomic E-state index is 0.128. The van der Waals surface area contributed by atoms with Crippen LogP contribution in [0.4, 0.5) is 5.69 Å². The van der Waals surface area contributed by atoms with Crippen LogP contribution < -0.4 is 5.73 Å². The summed E-state index contributed by atoms with van der Waals surface area (Å²) in [7, 11) is 0. The van der Waals surface area contributed by atoms with Crippen LogP contribution in [0.25, 0.3) is 0 Å².